The molecular formula is C15H18N2O. The van der Waals surface area contributed by atoms with Crippen LogP contribution < -0.4 is 10.6 Å². The van der Waals surface area contributed by atoms with Crippen LogP contribution in [0.25, 0.3) is 0 Å². The van der Waals surface area contributed by atoms with Gasteiger partial charge in [-0.15, -0.1) is 0 Å². The molecule has 0 saturated carbocycles. The molecule has 2 rings (SSSR count). The van der Waals surface area contributed by atoms with Crippen LogP contribution in [0.5, 0.6) is 0 Å². The number of aliphatic hydroxyl groups excluding tert-OH is 1. The minimum absolute atomic E-state index is 0.0914. The van der Waals surface area contributed by atoms with E-state index in [1.807, 2.05) is 55.6 Å². The van der Waals surface area contributed by atoms with Crippen LogP contribution >= 0.6 is 0 Å². The summed E-state index contributed by atoms with van der Waals surface area (Å²) >= 11 is 0. The van der Waals surface area contributed by atoms with Gasteiger partial charge in [0, 0.05) is 25.0 Å². The molecular weight excluding hydrogens is 224 g/mol. The quantitative estimate of drug-likeness (QED) is 0.809. The molecule has 2 aromatic rings. The highest BCUT2D eigenvalue weighted by molar-refractivity contribution is 5.52. The molecule has 3 nitrogen and oxygen atoms in total. The van der Waals surface area contributed by atoms with Gasteiger partial charge in [-0.1, -0.05) is 24.3 Å². The summed E-state index contributed by atoms with van der Waals surface area (Å²) in [5.41, 5.74) is 9.73. The molecule has 0 unspecified atom stereocenters. The first-order valence-electron chi connectivity index (χ1n) is 5.94. The Morgan fingerprint density at radius 3 is 2.06 bits per heavy atom. The summed E-state index contributed by atoms with van der Waals surface area (Å²) in [5, 5.41) is 8.99. The van der Waals surface area contributed by atoms with Gasteiger partial charge in [0.2, 0.25) is 0 Å². The second-order valence-electron chi connectivity index (χ2n) is 4.42. The van der Waals surface area contributed by atoms with Crippen molar-refractivity contribution in [3.05, 3.63) is 59.7 Å². The van der Waals surface area contributed by atoms with Crippen molar-refractivity contribution in [1.29, 1.82) is 0 Å². The average molecular weight is 242 g/mol. The highest BCUT2D eigenvalue weighted by Gasteiger charge is 2.02. The Hall–Kier alpha value is -2.00. The largest absolute Gasteiger partial charge is 0.399 e. The van der Waals surface area contributed by atoms with Gasteiger partial charge in [0.05, 0.1) is 6.61 Å². The third-order valence-corrected chi connectivity index (χ3v) is 2.96. The SMILES string of the molecule is CN(Cc1ccc(CO)cc1)c1ccc(N)cc1. The number of benzene rings is 2. The Morgan fingerprint density at radius 2 is 1.50 bits per heavy atom. The highest BCUT2D eigenvalue weighted by Crippen LogP contribution is 2.17. The van der Waals surface area contributed by atoms with Crippen molar-refractivity contribution in [3.63, 3.8) is 0 Å². The summed E-state index contributed by atoms with van der Waals surface area (Å²) in [6.45, 7) is 0.920. The molecule has 0 atom stereocenters. The van der Waals surface area contributed by atoms with E-state index in [-0.39, 0.29) is 6.61 Å². The maximum absolute atomic E-state index is 8.99. The number of aliphatic hydroxyl groups is 1. The minimum atomic E-state index is 0.0914. The minimum Gasteiger partial charge on any atom is -0.399 e. The first kappa shape index (κ1) is 12.5. The maximum atomic E-state index is 8.99. The van der Waals surface area contributed by atoms with Crippen molar-refractivity contribution in [2.75, 3.05) is 17.7 Å². The lowest BCUT2D eigenvalue weighted by molar-refractivity contribution is 0.282. The Morgan fingerprint density at radius 1 is 0.944 bits per heavy atom. The lowest BCUT2D eigenvalue weighted by atomic mass is 10.1. The van der Waals surface area contributed by atoms with Crippen LogP contribution in [-0.4, -0.2) is 12.2 Å². The van der Waals surface area contributed by atoms with Gasteiger partial charge in [0.25, 0.3) is 0 Å². The maximum Gasteiger partial charge on any atom is 0.0681 e. The first-order chi connectivity index (χ1) is 8.69. The van der Waals surface area contributed by atoms with E-state index in [0.717, 1.165) is 23.5 Å². The summed E-state index contributed by atoms with van der Waals surface area (Å²) in [7, 11) is 2.05. The number of nitrogens with two attached hydrogens (primary N) is 1. The first-order valence-corrected chi connectivity index (χ1v) is 5.94. The number of rotatable bonds is 4. The van der Waals surface area contributed by atoms with Crippen molar-refractivity contribution >= 4 is 11.4 Å². The Balaban J connectivity index is 2.05. The number of nitrogens with zero attached hydrogens (tertiary/aromatic N) is 1. The monoisotopic (exact) mass is 242 g/mol. The topological polar surface area (TPSA) is 49.5 Å². The van der Waals surface area contributed by atoms with Crippen LogP contribution in [0, 0.1) is 0 Å². The molecule has 18 heavy (non-hydrogen) atoms. The Bertz CT molecular complexity index is 491. The molecule has 0 fully saturated rings. The molecule has 0 spiro atoms. The smallest absolute Gasteiger partial charge is 0.0681 e. The van der Waals surface area contributed by atoms with E-state index in [1.54, 1.807) is 0 Å². The van der Waals surface area contributed by atoms with Gasteiger partial charge in [0.15, 0.2) is 0 Å². The molecule has 0 radical (unpaired) electrons. The Labute approximate surface area is 107 Å². The van der Waals surface area contributed by atoms with E-state index in [9.17, 15) is 0 Å². The number of hydrogen-bond donors (Lipinski definition) is 2. The average Bonchev–Trinajstić information content (AvgIpc) is 2.40. The number of nitrogen functional groups attached to an aromatic ring is 1. The fourth-order valence-electron chi connectivity index (χ4n) is 1.84. The summed E-state index contributed by atoms with van der Waals surface area (Å²) < 4.78 is 0. The molecule has 94 valence electrons. The number of anilines is 2. The zero-order valence-corrected chi connectivity index (χ0v) is 10.5. The summed E-state index contributed by atoms with van der Waals surface area (Å²) in [6.07, 6.45) is 0. The molecule has 0 bridgehead atoms. The van der Waals surface area contributed by atoms with Crippen molar-refractivity contribution in [3.8, 4) is 0 Å². The van der Waals surface area contributed by atoms with E-state index in [2.05, 4.69) is 4.90 Å². The van der Waals surface area contributed by atoms with Crippen molar-refractivity contribution in [1.82, 2.24) is 0 Å². The standard InChI is InChI=1S/C15H18N2O/c1-17(15-8-6-14(16)7-9-15)10-12-2-4-13(11-18)5-3-12/h2-9,18H,10-11,16H2,1H3. The normalized spacial score (nSPS) is 10.3. The van der Waals surface area contributed by atoms with Gasteiger partial charge in [-0.2, -0.15) is 0 Å². The molecule has 3 N–H and O–H groups in total. The van der Waals surface area contributed by atoms with E-state index >= 15 is 0 Å². The zero-order chi connectivity index (χ0) is 13.0. The van der Waals surface area contributed by atoms with Crippen LogP contribution in [0.3, 0.4) is 0 Å². The molecule has 0 aromatic heterocycles. The molecule has 2 aromatic carbocycles. The van der Waals surface area contributed by atoms with Gasteiger partial charge in [0.1, 0.15) is 0 Å². The van der Waals surface area contributed by atoms with E-state index < -0.39 is 0 Å². The summed E-state index contributed by atoms with van der Waals surface area (Å²) in [6, 6.07) is 15.8. The number of hydrogen-bond acceptors (Lipinski definition) is 3. The van der Waals surface area contributed by atoms with Gasteiger partial charge in [-0.25, -0.2) is 0 Å². The van der Waals surface area contributed by atoms with Crippen molar-refractivity contribution < 1.29 is 5.11 Å². The Kier molecular flexibility index (Phi) is 3.85. The summed E-state index contributed by atoms with van der Waals surface area (Å²) in [5.74, 6) is 0. The predicted octanol–water partition coefficient (Wildman–Crippen LogP) is 2.40. The molecule has 0 aliphatic heterocycles. The fraction of sp³-hybridized carbons (Fsp3) is 0.200. The van der Waals surface area contributed by atoms with E-state index in [4.69, 9.17) is 10.8 Å². The van der Waals surface area contributed by atoms with Crippen molar-refractivity contribution in [2.24, 2.45) is 0 Å². The highest BCUT2D eigenvalue weighted by atomic mass is 16.3. The molecule has 0 heterocycles. The van der Waals surface area contributed by atoms with Crippen LogP contribution in [0.2, 0.25) is 0 Å². The van der Waals surface area contributed by atoms with Gasteiger partial charge >= 0.3 is 0 Å². The van der Waals surface area contributed by atoms with Crippen LogP contribution in [0.4, 0.5) is 11.4 Å². The van der Waals surface area contributed by atoms with Crippen molar-refractivity contribution in [2.45, 2.75) is 13.2 Å². The lowest BCUT2D eigenvalue weighted by Crippen LogP contribution is -2.16. The lowest BCUT2D eigenvalue weighted by Gasteiger charge is -2.19. The van der Waals surface area contributed by atoms with Gasteiger partial charge < -0.3 is 15.7 Å². The molecule has 0 aliphatic rings. The van der Waals surface area contributed by atoms with Crippen LogP contribution in [-0.2, 0) is 13.2 Å². The second-order valence-corrected chi connectivity index (χ2v) is 4.42. The zero-order valence-electron chi connectivity index (χ0n) is 10.5. The van der Waals surface area contributed by atoms with E-state index in [0.29, 0.717) is 0 Å². The molecule has 3 heteroatoms. The third kappa shape index (κ3) is 3.02. The molecule has 0 aliphatic carbocycles. The van der Waals surface area contributed by atoms with Gasteiger partial charge in [-0.3, -0.25) is 0 Å². The van der Waals surface area contributed by atoms with Gasteiger partial charge in [-0.05, 0) is 35.4 Å². The predicted molar refractivity (Wildman–Crippen MR) is 75.3 cm³/mol. The second kappa shape index (κ2) is 5.56. The van der Waals surface area contributed by atoms with Crippen LogP contribution in [0.15, 0.2) is 48.5 Å². The summed E-state index contributed by atoms with van der Waals surface area (Å²) in [4.78, 5) is 2.16. The molecule has 0 amide bonds. The van der Waals surface area contributed by atoms with E-state index in [1.165, 1.54) is 5.56 Å². The third-order valence-electron chi connectivity index (χ3n) is 2.96. The molecule has 0 saturated heterocycles. The fourth-order valence-corrected chi connectivity index (χ4v) is 1.84. The van der Waals surface area contributed by atoms with Crippen LogP contribution in [0.1, 0.15) is 11.1 Å².